The van der Waals surface area contributed by atoms with Gasteiger partial charge in [0.1, 0.15) is 0 Å². The normalized spacial score (nSPS) is 28.1. The van der Waals surface area contributed by atoms with Crippen molar-refractivity contribution in [3.05, 3.63) is 0 Å². The number of likely N-dealkylation sites (tertiary alicyclic amines) is 1. The van der Waals surface area contributed by atoms with Crippen LogP contribution in [0.15, 0.2) is 0 Å². The fourth-order valence-electron chi connectivity index (χ4n) is 2.25. The van der Waals surface area contributed by atoms with E-state index in [-0.39, 0.29) is 12.5 Å². The van der Waals surface area contributed by atoms with Gasteiger partial charge in [-0.2, -0.15) is 0 Å². The Hall–Kier alpha value is -0.570. The molecule has 0 aromatic heterocycles. The molecule has 0 spiro atoms. The zero-order chi connectivity index (χ0) is 9.84. The molecule has 1 rings (SSSR count). The Morgan fingerprint density at radius 1 is 1.54 bits per heavy atom. The summed E-state index contributed by atoms with van der Waals surface area (Å²) < 4.78 is 0. The molecule has 1 aliphatic rings. The summed E-state index contributed by atoms with van der Waals surface area (Å²) in [5.74, 6) is 0.174. The van der Waals surface area contributed by atoms with Crippen LogP contribution in [-0.2, 0) is 4.79 Å². The minimum absolute atomic E-state index is 0.174. The highest BCUT2D eigenvalue weighted by molar-refractivity contribution is 5.74. The lowest BCUT2D eigenvalue weighted by Crippen LogP contribution is -2.38. The molecule has 0 bridgehead atoms. The number of hydrogen-bond acceptors (Lipinski definition) is 2. The Morgan fingerprint density at radius 2 is 2.23 bits per heavy atom. The molecular formula is C10H19NO2. The predicted molar refractivity (Wildman–Crippen MR) is 51.3 cm³/mol. The lowest BCUT2D eigenvalue weighted by Gasteiger charge is -2.27. The second-order valence-electron chi connectivity index (χ2n) is 3.87. The molecular weight excluding hydrogens is 166 g/mol. The summed E-state index contributed by atoms with van der Waals surface area (Å²) in [5, 5.41) is 8.71. The number of aliphatic hydroxyl groups is 1. The predicted octanol–water partition coefficient (Wildman–Crippen LogP) is 1.16. The Bertz CT molecular complexity index is 182. The molecule has 3 nitrogen and oxygen atoms in total. The van der Waals surface area contributed by atoms with Crippen LogP contribution < -0.4 is 0 Å². The zero-order valence-electron chi connectivity index (χ0n) is 8.49. The molecule has 1 aliphatic heterocycles. The summed E-state index contributed by atoms with van der Waals surface area (Å²) in [6.45, 7) is 3.96. The van der Waals surface area contributed by atoms with Crippen molar-refractivity contribution < 1.29 is 9.90 Å². The number of carbonyl (C=O) groups is 1. The summed E-state index contributed by atoms with van der Waals surface area (Å²) in [7, 11) is 0. The summed E-state index contributed by atoms with van der Waals surface area (Å²) >= 11 is 0. The highest BCUT2D eigenvalue weighted by Crippen LogP contribution is 2.26. The van der Waals surface area contributed by atoms with E-state index < -0.39 is 0 Å². The SMILES string of the molecule is CC(=O)N1[C@@H](CCCO)CC[C@H]1C. The molecule has 13 heavy (non-hydrogen) atoms. The average Bonchev–Trinajstić information content (AvgIpc) is 2.43. The highest BCUT2D eigenvalue weighted by atomic mass is 16.3. The van der Waals surface area contributed by atoms with E-state index in [1.165, 1.54) is 0 Å². The van der Waals surface area contributed by atoms with Crippen LogP contribution in [0.4, 0.5) is 0 Å². The van der Waals surface area contributed by atoms with Crippen LogP contribution in [0.1, 0.15) is 39.5 Å². The molecule has 1 N–H and O–H groups in total. The largest absolute Gasteiger partial charge is 0.396 e. The van der Waals surface area contributed by atoms with Crippen LogP contribution in [0.2, 0.25) is 0 Å². The molecule has 2 atom stereocenters. The fourth-order valence-corrected chi connectivity index (χ4v) is 2.25. The van der Waals surface area contributed by atoms with Gasteiger partial charge in [0.2, 0.25) is 5.91 Å². The first-order valence-corrected chi connectivity index (χ1v) is 5.06. The van der Waals surface area contributed by atoms with E-state index in [2.05, 4.69) is 6.92 Å². The van der Waals surface area contributed by atoms with E-state index in [0.717, 1.165) is 25.7 Å². The molecule has 1 heterocycles. The highest BCUT2D eigenvalue weighted by Gasteiger charge is 2.31. The third-order valence-electron chi connectivity index (χ3n) is 2.84. The summed E-state index contributed by atoms with van der Waals surface area (Å²) in [4.78, 5) is 13.3. The van der Waals surface area contributed by atoms with Crippen molar-refractivity contribution in [3.8, 4) is 0 Å². The van der Waals surface area contributed by atoms with Gasteiger partial charge in [0.15, 0.2) is 0 Å². The first-order chi connectivity index (χ1) is 6.16. The van der Waals surface area contributed by atoms with Gasteiger partial charge in [-0.1, -0.05) is 0 Å². The van der Waals surface area contributed by atoms with Crippen LogP contribution in [0, 0.1) is 0 Å². The second kappa shape index (κ2) is 4.61. The first kappa shape index (κ1) is 10.5. The Kier molecular flexibility index (Phi) is 3.72. The van der Waals surface area contributed by atoms with Gasteiger partial charge in [-0.15, -0.1) is 0 Å². The van der Waals surface area contributed by atoms with Crippen molar-refractivity contribution in [1.29, 1.82) is 0 Å². The van der Waals surface area contributed by atoms with Crippen molar-refractivity contribution in [2.24, 2.45) is 0 Å². The lowest BCUT2D eigenvalue weighted by molar-refractivity contribution is -0.131. The number of nitrogens with zero attached hydrogens (tertiary/aromatic N) is 1. The molecule has 0 radical (unpaired) electrons. The molecule has 0 aromatic carbocycles. The van der Waals surface area contributed by atoms with Crippen LogP contribution in [0.3, 0.4) is 0 Å². The Balaban J connectivity index is 2.49. The smallest absolute Gasteiger partial charge is 0.219 e. The van der Waals surface area contributed by atoms with E-state index in [0.29, 0.717) is 12.1 Å². The molecule has 0 aliphatic carbocycles. The minimum atomic E-state index is 0.174. The third kappa shape index (κ3) is 2.44. The van der Waals surface area contributed by atoms with E-state index in [1.807, 2.05) is 4.90 Å². The minimum Gasteiger partial charge on any atom is -0.396 e. The van der Waals surface area contributed by atoms with Gasteiger partial charge in [-0.05, 0) is 32.6 Å². The fraction of sp³-hybridized carbons (Fsp3) is 0.900. The van der Waals surface area contributed by atoms with Crippen LogP contribution in [0.25, 0.3) is 0 Å². The van der Waals surface area contributed by atoms with Gasteiger partial charge >= 0.3 is 0 Å². The van der Waals surface area contributed by atoms with Gasteiger partial charge in [0, 0.05) is 25.6 Å². The van der Waals surface area contributed by atoms with Gasteiger partial charge in [0.25, 0.3) is 0 Å². The average molecular weight is 185 g/mol. The summed E-state index contributed by atoms with van der Waals surface area (Å²) in [6, 6.07) is 0.765. The molecule has 76 valence electrons. The molecule has 0 aromatic rings. The molecule has 1 fully saturated rings. The topological polar surface area (TPSA) is 40.5 Å². The number of hydrogen-bond donors (Lipinski definition) is 1. The quantitative estimate of drug-likeness (QED) is 0.716. The molecule has 1 amide bonds. The van der Waals surface area contributed by atoms with E-state index in [4.69, 9.17) is 5.11 Å². The van der Waals surface area contributed by atoms with Crippen molar-refractivity contribution in [2.45, 2.75) is 51.6 Å². The van der Waals surface area contributed by atoms with Crippen LogP contribution >= 0.6 is 0 Å². The Labute approximate surface area is 79.7 Å². The van der Waals surface area contributed by atoms with Gasteiger partial charge < -0.3 is 10.0 Å². The maximum absolute atomic E-state index is 11.3. The molecule has 0 saturated carbocycles. The molecule has 3 heteroatoms. The number of amides is 1. The van der Waals surface area contributed by atoms with E-state index in [9.17, 15) is 4.79 Å². The summed E-state index contributed by atoms with van der Waals surface area (Å²) in [5.41, 5.74) is 0. The monoisotopic (exact) mass is 185 g/mol. The van der Waals surface area contributed by atoms with Crippen LogP contribution in [0.5, 0.6) is 0 Å². The van der Waals surface area contributed by atoms with Gasteiger partial charge in [0.05, 0.1) is 0 Å². The third-order valence-corrected chi connectivity index (χ3v) is 2.84. The maximum Gasteiger partial charge on any atom is 0.219 e. The van der Waals surface area contributed by atoms with Gasteiger partial charge in [-0.25, -0.2) is 0 Å². The van der Waals surface area contributed by atoms with Crippen LogP contribution in [-0.4, -0.2) is 34.6 Å². The number of rotatable bonds is 3. The second-order valence-corrected chi connectivity index (χ2v) is 3.87. The first-order valence-electron chi connectivity index (χ1n) is 5.06. The summed E-state index contributed by atoms with van der Waals surface area (Å²) in [6.07, 6.45) is 3.96. The molecule has 0 unspecified atom stereocenters. The van der Waals surface area contributed by atoms with Gasteiger partial charge in [-0.3, -0.25) is 4.79 Å². The van der Waals surface area contributed by atoms with Crippen molar-refractivity contribution in [3.63, 3.8) is 0 Å². The number of aliphatic hydroxyl groups excluding tert-OH is 1. The van der Waals surface area contributed by atoms with E-state index >= 15 is 0 Å². The zero-order valence-corrected chi connectivity index (χ0v) is 8.49. The van der Waals surface area contributed by atoms with Crippen molar-refractivity contribution >= 4 is 5.91 Å². The number of carbonyl (C=O) groups excluding carboxylic acids is 1. The van der Waals surface area contributed by atoms with E-state index in [1.54, 1.807) is 6.92 Å². The van der Waals surface area contributed by atoms with Crippen molar-refractivity contribution in [1.82, 2.24) is 4.90 Å². The maximum atomic E-state index is 11.3. The lowest BCUT2D eigenvalue weighted by atomic mass is 10.1. The standard InChI is InChI=1S/C10H19NO2/c1-8-5-6-10(4-3-7-12)11(8)9(2)13/h8,10,12H,3-7H2,1-2H3/t8-,10+/m1/s1. The Morgan fingerprint density at radius 3 is 2.77 bits per heavy atom. The van der Waals surface area contributed by atoms with Crippen molar-refractivity contribution in [2.75, 3.05) is 6.61 Å². The molecule has 1 saturated heterocycles.